The minimum atomic E-state index is -3.21. The van der Waals surface area contributed by atoms with Crippen molar-refractivity contribution in [1.82, 2.24) is 14.9 Å². The van der Waals surface area contributed by atoms with Crippen molar-refractivity contribution < 1.29 is 13.2 Å². The Kier molecular flexibility index (Phi) is 6.06. The van der Waals surface area contributed by atoms with Crippen molar-refractivity contribution in [3.05, 3.63) is 0 Å². The summed E-state index contributed by atoms with van der Waals surface area (Å²) in [7, 11) is -3.21. The second-order valence-corrected chi connectivity index (χ2v) is 7.06. The Hall–Kier alpha value is -0.820. The molecule has 0 aromatic heterocycles. The van der Waals surface area contributed by atoms with Crippen LogP contribution < -0.4 is 10.0 Å². The molecule has 2 amide bonds. The quantitative estimate of drug-likeness (QED) is 0.790. The van der Waals surface area contributed by atoms with E-state index in [0.29, 0.717) is 13.1 Å². The zero-order chi connectivity index (χ0) is 14.5. The lowest BCUT2D eigenvalue weighted by Gasteiger charge is -2.36. The highest BCUT2D eigenvalue weighted by Gasteiger charge is 2.27. The van der Waals surface area contributed by atoms with Gasteiger partial charge in [-0.2, -0.15) is 0 Å². The standard InChI is InChI=1S/C12H25N3O3S/c1-4-10(2)14-12(16)15-8-6-5-7-11(15)9-13-19(3,17)18/h10-11,13H,4-9H2,1-3H3,(H,14,16)/t10-,11-/m0/s1. The van der Waals surface area contributed by atoms with Crippen LogP contribution in [-0.4, -0.2) is 50.8 Å². The molecule has 1 aliphatic heterocycles. The van der Waals surface area contributed by atoms with Crippen molar-refractivity contribution in [2.75, 3.05) is 19.3 Å². The first-order valence-corrected chi connectivity index (χ1v) is 8.74. The number of rotatable bonds is 5. The molecule has 0 unspecified atom stereocenters. The highest BCUT2D eigenvalue weighted by atomic mass is 32.2. The first-order chi connectivity index (χ1) is 8.83. The molecule has 0 aromatic rings. The van der Waals surface area contributed by atoms with Gasteiger partial charge in [0.05, 0.1) is 6.26 Å². The summed E-state index contributed by atoms with van der Waals surface area (Å²) in [4.78, 5) is 13.9. The molecule has 0 bridgehead atoms. The third-order valence-corrected chi connectivity index (χ3v) is 4.14. The molecule has 0 spiro atoms. The van der Waals surface area contributed by atoms with Gasteiger partial charge in [0.1, 0.15) is 0 Å². The third kappa shape index (κ3) is 5.78. The van der Waals surface area contributed by atoms with E-state index in [0.717, 1.165) is 31.9 Å². The van der Waals surface area contributed by atoms with Crippen LogP contribution in [0, 0.1) is 0 Å². The second kappa shape index (κ2) is 7.09. The number of nitrogens with zero attached hydrogens (tertiary/aromatic N) is 1. The predicted octanol–water partition coefficient (Wildman–Crippen LogP) is 0.898. The molecule has 19 heavy (non-hydrogen) atoms. The van der Waals surface area contributed by atoms with Gasteiger partial charge in [-0.25, -0.2) is 17.9 Å². The molecule has 0 radical (unpaired) electrons. The minimum Gasteiger partial charge on any atom is -0.336 e. The number of hydrogen-bond acceptors (Lipinski definition) is 3. The molecule has 2 atom stereocenters. The van der Waals surface area contributed by atoms with Crippen LogP contribution in [0.15, 0.2) is 0 Å². The molecule has 1 rings (SSSR count). The summed E-state index contributed by atoms with van der Waals surface area (Å²) >= 11 is 0. The lowest BCUT2D eigenvalue weighted by atomic mass is 10.0. The predicted molar refractivity (Wildman–Crippen MR) is 75.5 cm³/mol. The zero-order valence-electron chi connectivity index (χ0n) is 12.0. The van der Waals surface area contributed by atoms with E-state index in [1.54, 1.807) is 4.90 Å². The van der Waals surface area contributed by atoms with Crippen LogP contribution in [0.25, 0.3) is 0 Å². The van der Waals surface area contributed by atoms with Gasteiger partial charge < -0.3 is 10.2 Å². The van der Waals surface area contributed by atoms with Crippen LogP contribution in [0.4, 0.5) is 4.79 Å². The summed E-state index contributed by atoms with van der Waals surface area (Å²) in [5.41, 5.74) is 0. The number of nitrogens with one attached hydrogen (secondary N) is 2. The van der Waals surface area contributed by atoms with Crippen molar-refractivity contribution in [1.29, 1.82) is 0 Å². The van der Waals surface area contributed by atoms with Gasteiger partial charge >= 0.3 is 6.03 Å². The number of hydrogen-bond donors (Lipinski definition) is 2. The van der Waals surface area contributed by atoms with E-state index < -0.39 is 10.0 Å². The van der Waals surface area contributed by atoms with E-state index in [1.807, 2.05) is 13.8 Å². The highest BCUT2D eigenvalue weighted by Crippen LogP contribution is 2.17. The van der Waals surface area contributed by atoms with Crippen LogP contribution in [-0.2, 0) is 10.0 Å². The molecule has 0 aliphatic carbocycles. The number of likely N-dealkylation sites (tertiary alicyclic amines) is 1. The lowest BCUT2D eigenvalue weighted by molar-refractivity contribution is 0.149. The Morgan fingerprint density at radius 3 is 2.68 bits per heavy atom. The number of piperidine rings is 1. The fourth-order valence-corrected chi connectivity index (χ4v) is 2.62. The summed E-state index contributed by atoms with van der Waals surface area (Å²) in [6, 6.07) is -0.000161. The number of carbonyl (C=O) groups is 1. The van der Waals surface area contributed by atoms with Gasteiger partial charge in [0, 0.05) is 25.2 Å². The van der Waals surface area contributed by atoms with Crippen molar-refractivity contribution in [3.8, 4) is 0 Å². The first kappa shape index (κ1) is 16.2. The minimum absolute atomic E-state index is 0.0486. The monoisotopic (exact) mass is 291 g/mol. The average Bonchev–Trinajstić information content (AvgIpc) is 2.35. The maximum absolute atomic E-state index is 12.1. The zero-order valence-corrected chi connectivity index (χ0v) is 12.8. The maximum Gasteiger partial charge on any atom is 0.317 e. The van der Waals surface area contributed by atoms with E-state index >= 15 is 0 Å². The Labute approximate surface area is 116 Å². The van der Waals surface area contributed by atoms with Gasteiger partial charge in [-0.15, -0.1) is 0 Å². The van der Waals surface area contributed by atoms with Gasteiger partial charge in [0.25, 0.3) is 0 Å². The number of carbonyl (C=O) groups excluding carboxylic acids is 1. The third-order valence-electron chi connectivity index (χ3n) is 3.45. The Bertz CT molecular complexity index is 397. The van der Waals surface area contributed by atoms with Crippen molar-refractivity contribution in [2.24, 2.45) is 0 Å². The molecule has 2 N–H and O–H groups in total. The van der Waals surface area contributed by atoms with Crippen molar-refractivity contribution in [2.45, 2.75) is 51.6 Å². The topological polar surface area (TPSA) is 78.5 Å². The molecule has 1 heterocycles. The summed E-state index contributed by atoms with van der Waals surface area (Å²) in [6.07, 6.45) is 4.87. The van der Waals surface area contributed by atoms with E-state index in [9.17, 15) is 13.2 Å². The molecule has 6 nitrogen and oxygen atoms in total. The molecule has 1 aliphatic rings. The molecule has 112 valence electrons. The molecule has 0 saturated carbocycles. The number of urea groups is 1. The molecular formula is C12H25N3O3S. The molecule has 0 aromatic carbocycles. The van der Waals surface area contributed by atoms with Crippen LogP contribution in [0.2, 0.25) is 0 Å². The fraction of sp³-hybridized carbons (Fsp3) is 0.917. The second-order valence-electron chi connectivity index (χ2n) is 5.22. The van der Waals surface area contributed by atoms with Crippen molar-refractivity contribution in [3.63, 3.8) is 0 Å². The summed E-state index contributed by atoms with van der Waals surface area (Å²) in [5.74, 6) is 0. The van der Waals surface area contributed by atoms with Gasteiger partial charge in [0.2, 0.25) is 10.0 Å². The van der Waals surface area contributed by atoms with E-state index in [1.165, 1.54) is 0 Å². The SMILES string of the molecule is CC[C@H](C)NC(=O)N1CCCC[C@H]1CNS(C)(=O)=O. The molecule has 1 fully saturated rings. The van der Waals surface area contributed by atoms with Crippen molar-refractivity contribution >= 4 is 16.1 Å². The Morgan fingerprint density at radius 2 is 2.11 bits per heavy atom. The van der Waals surface area contributed by atoms with E-state index in [4.69, 9.17) is 0 Å². The van der Waals surface area contributed by atoms with Gasteiger partial charge in [-0.1, -0.05) is 6.92 Å². The summed E-state index contributed by atoms with van der Waals surface area (Å²) < 4.78 is 24.8. The number of sulfonamides is 1. The summed E-state index contributed by atoms with van der Waals surface area (Å²) in [6.45, 7) is 4.97. The normalized spacial score (nSPS) is 22.1. The fourth-order valence-electron chi connectivity index (χ4n) is 2.12. The Morgan fingerprint density at radius 1 is 1.42 bits per heavy atom. The molecule has 1 saturated heterocycles. The maximum atomic E-state index is 12.1. The first-order valence-electron chi connectivity index (χ1n) is 6.85. The number of amides is 2. The lowest BCUT2D eigenvalue weighted by Crippen LogP contribution is -2.54. The molecule has 7 heteroatoms. The van der Waals surface area contributed by atoms with Crippen LogP contribution in [0.5, 0.6) is 0 Å². The highest BCUT2D eigenvalue weighted by molar-refractivity contribution is 7.88. The smallest absolute Gasteiger partial charge is 0.317 e. The molecular weight excluding hydrogens is 266 g/mol. The Balaban J connectivity index is 2.59. The van der Waals surface area contributed by atoms with Gasteiger partial charge in [-0.05, 0) is 32.6 Å². The average molecular weight is 291 g/mol. The summed E-state index contributed by atoms with van der Waals surface area (Å²) in [5, 5.41) is 2.94. The van der Waals surface area contributed by atoms with Gasteiger partial charge in [-0.3, -0.25) is 0 Å². The van der Waals surface area contributed by atoms with Gasteiger partial charge in [0.15, 0.2) is 0 Å². The van der Waals surface area contributed by atoms with E-state index in [-0.39, 0.29) is 18.1 Å². The van der Waals surface area contributed by atoms with Crippen LogP contribution >= 0.6 is 0 Å². The van der Waals surface area contributed by atoms with E-state index in [2.05, 4.69) is 10.0 Å². The largest absolute Gasteiger partial charge is 0.336 e. The van der Waals surface area contributed by atoms with Crippen LogP contribution in [0.1, 0.15) is 39.5 Å². The van der Waals surface area contributed by atoms with Crippen LogP contribution in [0.3, 0.4) is 0 Å².